The number of nitrogens with one attached hydrogen (secondary N) is 1. The van der Waals surface area contributed by atoms with Gasteiger partial charge in [0.2, 0.25) is 5.91 Å². The molecule has 0 atom stereocenters. The minimum absolute atomic E-state index is 0.108. The fourth-order valence-corrected chi connectivity index (χ4v) is 2.50. The number of carbonyl (C=O) groups is 2. The van der Waals surface area contributed by atoms with Crippen LogP contribution in [-0.2, 0) is 9.59 Å². The first-order valence-corrected chi connectivity index (χ1v) is 7.54. The molecular formula is C18H17FN2O3. The van der Waals surface area contributed by atoms with Crippen molar-refractivity contribution in [3.8, 4) is 5.75 Å². The molecule has 0 aliphatic carbocycles. The fourth-order valence-electron chi connectivity index (χ4n) is 2.50. The number of anilines is 2. The van der Waals surface area contributed by atoms with Gasteiger partial charge in [0.25, 0.3) is 5.91 Å². The molecule has 24 heavy (non-hydrogen) atoms. The number of aryl methyl sites for hydroxylation is 2. The molecule has 0 saturated carbocycles. The van der Waals surface area contributed by atoms with Crippen LogP contribution in [0.15, 0.2) is 36.4 Å². The minimum atomic E-state index is -0.403. The van der Waals surface area contributed by atoms with E-state index in [4.69, 9.17) is 4.74 Å². The summed E-state index contributed by atoms with van der Waals surface area (Å²) < 4.78 is 19.0. The molecule has 1 aliphatic heterocycles. The zero-order valence-electron chi connectivity index (χ0n) is 13.4. The van der Waals surface area contributed by atoms with Gasteiger partial charge in [-0.3, -0.25) is 14.5 Å². The van der Waals surface area contributed by atoms with Crippen molar-refractivity contribution >= 4 is 23.2 Å². The van der Waals surface area contributed by atoms with Crippen LogP contribution < -0.4 is 15.0 Å². The second kappa shape index (κ2) is 6.31. The molecule has 2 aromatic rings. The molecule has 0 bridgehead atoms. The molecule has 0 saturated heterocycles. The highest BCUT2D eigenvalue weighted by molar-refractivity contribution is 6.05. The Labute approximate surface area is 139 Å². The first kappa shape index (κ1) is 16.0. The summed E-state index contributed by atoms with van der Waals surface area (Å²) in [7, 11) is 0. The first-order valence-electron chi connectivity index (χ1n) is 7.54. The third kappa shape index (κ3) is 3.22. The minimum Gasteiger partial charge on any atom is -0.482 e. The number of hydrogen-bond acceptors (Lipinski definition) is 3. The van der Waals surface area contributed by atoms with E-state index in [1.54, 1.807) is 25.1 Å². The van der Waals surface area contributed by atoms with E-state index in [1.165, 1.54) is 11.0 Å². The molecule has 124 valence electrons. The molecule has 0 aromatic heterocycles. The summed E-state index contributed by atoms with van der Waals surface area (Å²) >= 11 is 0. The molecule has 0 fully saturated rings. The van der Waals surface area contributed by atoms with Crippen molar-refractivity contribution in [2.45, 2.75) is 13.8 Å². The summed E-state index contributed by atoms with van der Waals surface area (Å²) in [6.45, 7) is 3.30. The summed E-state index contributed by atoms with van der Waals surface area (Å²) in [4.78, 5) is 25.7. The SMILES string of the molecule is Cc1ccc2c(c1)OCC(=O)N2CC(=O)Nc1ccc(C)c(F)c1. The average molecular weight is 328 g/mol. The smallest absolute Gasteiger partial charge is 0.265 e. The Balaban J connectivity index is 1.76. The number of rotatable bonds is 3. The van der Waals surface area contributed by atoms with Crippen molar-refractivity contribution in [1.29, 1.82) is 0 Å². The molecule has 0 unspecified atom stereocenters. The van der Waals surface area contributed by atoms with E-state index in [2.05, 4.69) is 5.32 Å². The van der Waals surface area contributed by atoms with Gasteiger partial charge in [-0.05, 0) is 49.2 Å². The van der Waals surface area contributed by atoms with Crippen LogP contribution in [0.2, 0.25) is 0 Å². The van der Waals surface area contributed by atoms with Crippen molar-refractivity contribution in [3.05, 3.63) is 53.3 Å². The molecule has 2 amide bonds. The average Bonchev–Trinajstić information content (AvgIpc) is 2.53. The van der Waals surface area contributed by atoms with Gasteiger partial charge < -0.3 is 10.1 Å². The first-order chi connectivity index (χ1) is 11.4. The summed E-state index contributed by atoms with van der Waals surface area (Å²) in [5, 5.41) is 2.61. The van der Waals surface area contributed by atoms with Gasteiger partial charge in [-0.2, -0.15) is 0 Å². The Morgan fingerprint density at radius 1 is 1.25 bits per heavy atom. The summed E-state index contributed by atoms with van der Waals surface area (Å²) in [6, 6.07) is 9.88. The summed E-state index contributed by atoms with van der Waals surface area (Å²) in [5.41, 5.74) is 2.42. The van der Waals surface area contributed by atoms with Crippen LogP contribution in [0, 0.1) is 19.7 Å². The Morgan fingerprint density at radius 3 is 2.79 bits per heavy atom. The third-order valence-corrected chi connectivity index (χ3v) is 3.82. The quantitative estimate of drug-likeness (QED) is 0.942. The number of fused-ring (bicyclic) bond motifs is 1. The predicted molar refractivity (Wildman–Crippen MR) is 88.8 cm³/mol. The standard InChI is InChI=1S/C18H17FN2O3/c1-11-3-6-15-16(7-11)24-10-18(23)21(15)9-17(22)20-13-5-4-12(2)14(19)8-13/h3-8H,9-10H2,1-2H3,(H,20,22). The molecule has 5 nitrogen and oxygen atoms in total. The maximum absolute atomic E-state index is 13.6. The van der Waals surface area contributed by atoms with Gasteiger partial charge in [-0.15, -0.1) is 0 Å². The van der Waals surface area contributed by atoms with Crippen LogP contribution in [-0.4, -0.2) is 25.0 Å². The van der Waals surface area contributed by atoms with Crippen molar-refractivity contribution in [3.63, 3.8) is 0 Å². The zero-order chi connectivity index (χ0) is 17.3. The predicted octanol–water partition coefficient (Wildman–Crippen LogP) is 2.81. The highest BCUT2D eigenvalue weighted by Crippen LogP contribution is 2.32. The van der Waals surface area contributed by atoms with Crippen molar-refractivity contribution < 1.29 is 18.7 Å². The second-order valence-corrected chi connectivity index (χ2v) is 5.75. The van der Waals surface area contributed by atoms with Crippen LogP contribution in [0.5, 0.6) is 5.75 Å². The molecule has 1 aliphatic rings. The van der Waals surface area contributed by atoms with Crippen molar-refractivity contribution in [2.24, 2.45) is 0 Å². The Morgan fingerprint density at radius 2 is 2.04 bits per heavy atom. The second-order valence-electron chi connectivity index (χ2n) is 5.75. The van der Waals surface area contributed by atoms with E-state index in [9.17, 15) is 14.0 Å². The van der Waals surface area contributed by atoms with Crippen molar-refractivity contribution in [1.82, 2.24) is 0 Å². The Bertz CT molecular complexity index is 820. The maximum Gasteiger partial charge on any atom is 0.265 e. The third-order valence-electron chi connectivity index (χ3n) is 3.82. The van der Waals surface area contributed by atoms with Gasteiger partial charge in [-0.25, -0.2) is 4.39 Å². The van der Waals surface area contributed by atoms with E-state index in [-0.39, 0.29) is 19.1 Å². The topological polar surface area (TPSA) is 58.6 Å². The fraction of sp³-hybridized carbons (Fsp3) is 0.222. The molecule has 0 spiro atoms. The van der Waals surface area contributed by atoms with Gasteiger partial charge in [0.15, 0.2) is 6.61 Å². The highest BCUT2D eigenvalue weighted by atomic mass is 19.1. The number of amides is 2. The van der Waals surface area contributed by atoms with Crippen LogP contribution >= 0.6 is 0 Å². The lowest BCUT2D eigenvalue weighted by molar-refractivity contribution is -0.123. The van der Waals surface area contributed by atoms with E-state index in [0.29, 0.717) is 22.7 Å². The molecule has 3 rings (SSSR count). The molecule has 2 aromatic carbocycles. The number of ether oxygens (including phenoxy) is 1. The largest absolute Gasteiger partial charge is 0.482 e. The van der Waals surface area contributed by atoms with Gasteiger partial charge in [0, 0.05) is 5.69 Å². The van der Waals surface area contributed by atoms with Gasteiger partial charge >= 0.3 is 0 Å². The lowest BCUT2D eigenvalue weighted by Crippen LogP contribution is -2.43. The lowest BCUT2D eigenvalue weighted by atomic mass is 10.1. The Kier molecular flexibility index (Phi) is 4.20. The number of halogens is 1. The Hall–Kier alpha value is -2.89. The summed E-state index contributed by atoms with van der Waals surface area (Å²) in [6.07, 6.45) is 0. The summed E-state index contributed by atoms with van der Waals surface area (Å²) in [5.74, 6) is -0.517. The number of carbonyl (C=O) groups excluding carboxylic acids is 2. The van der Waals surface area contributed by atoms with E-state index in [0.717, 1.165) is 5.56 Å². The van der Waals surface area contributed by atoms with Gasteiger partial charge in [-0.1, -0.05) is 12.1 Å². The van der Waals surface area contributed by atoms with Crippen LogP contribution in [0.4, 0.5) is 15.8 Å². The van der Waals surface area contributed by atoms with Crippen LogP contribution in [0.25, 0.3) is 0 Å². The van der Waals surface area contributed by atoms with E-state index in [1.807, 2.05) is 19.1 Å². The monoisotopic (exact) mass is 328 g/mol. The molecule has 6 heteroatoms. The van der Waals surface area contributed by atoms with Gasteiger partial charge in [0.1, 0.15) is 18.1 Å². The molecule has 0 radical (unpaired) electrons. The zero-order valence-corrected chi connectivity index (χ0v) is 13.4. The number of benzene rings is 2. The molecular weight excluding hydrogens is 311 g/mol. The normalized spacial score (nSPS) is 13.3. The number of hydrogen-bond donors (Lipinski definition) is 1. The van der Waals surface area contributed by atoms with Crippen LogP contribution in [0.1, 0.15) is 11.1 Å². The maximum atomic E-state index is 13.6. The van der Waals surface area contributed by atoms with E-state index < -0.39 is 11.7 Å². The highest BCUT2D eigenvalue weighted by Gasteiger charge is 2.27. The van der Waals surface area contributed by atoms with E-state index >= 15 is 0 Å². The lowest BCUT2D eigenvalue weighted by Gasteiger charge is -2.29. The number of nitrogens with zero attached hydrogens (tertiary/aromatic N) is 1. The van der Waals surface area contributed by atoms with Gasteiger partial charge in [0.05, 0.1) is 5.69 Å². The van der Waals surface area contributed by atoms with Crippen LogP contribution in [0.3, 0.4) is 0 Å². The van der Waals surface area contributed by atoms with Crippen molar-refractivity contribution in [2.75, 3.05) is 23.4 Å². The molecule has 1 N–H and O–H groups in total. The molecule has 1 heterocycles.